The summed E-state index contributed by atoms with van der Waals surface area (Å²) in [6, 6.07) is 2.52. The maximum absolute atomic E-state index is 6.45. The molecule has 0 aliphatic heterocycles. The Kier molecular flexibility index (Phi) is 25.6. The molecule has 4 nitrogen and oxygen atoms in total. The second-order valence-corrected chi connectivity index (χ2v) is 21.5. The molecule has 0 saturated heterocycles. The van der Waals surface area contributed by atoms with Crippen molar-refractivity contribution >= 4 is 8.80 Å². The zero-order valence-electron chi connectivity index (χ0n) is 37.3. The van der Waals surface area contributed by atoms with Gasteiger partial charge < -0.3 is 17.8 Å². The number of unbranched alkanes of at least 4 members (excludes halogenated alkanes) is 15. The molecule has 2 rings (SSSR count). The van der Waals surface area contributed by atoms with Gasteiger partial charge in [-0.2, -0.15) is 0 Å². The molecule has 0 aromatic carbocycles. The largest absolute Gasteiger partial charge is 0.501 e. The molecule has 310 valence electrons. The zero-order valence-corrected chi connectivity index (χ0v) is 38.3. The van der Waals surface area contributed by atoms with Gasteiger partial charge in [-0.3, -0.25) is 0 Å². The molecule has 0 bridgehead atoms. The van der Waals surface area contributed by atoms with Gasteiger partial charge in [0.05, 0.1) is 25.2 Å². The van der Waals surface area contributed by atoms with E-state index in [2.05, 4.69) is 69.2 Å². The van der Waals surface area contributed by atoms with E-state index in [4.69, 9.17) is 13.3 Å². The Morgan fingerprint density at radius 1 is 0.481 bits per heavy atom. The van der Waals surface area contributed by atoms with Gasteiger partial charge in [-0.15, -0.1) is 0 Å². The highest BCUT2D eigenvalue weighted by Crippen LogP contribution is 2.48. The highest BCUT2D eigenvalue weighted by Gasteiger charge is 2.53. The molecule has 2 aliphatic rings. The van der Waals surface area contributed by atoms with E-state index < -0.39 is 8.80 Å². The van der Waals surface area contributed by atoms with Crippen molar-refractivity contribution in [2.75, 3.05) is 32.9 Å². The van der Waals surface area contributed by atoms with Crippen LogP contribution in [0.1, 0.15) is 217 Å². The fourth-order valence-electron chi connectivity index (χ4n) is 11.1. The van der Waals surface area contributed by atoms with Crippen LogP contribution in [0.4, 0.5) is 0 Å². The van der Waals surface area contributed by atoms with E-state index in [0.29, 0.717) is 19.8 Å². The summed E-state index contributed by atoms with van der Waals surface area (Å²) in [4.78, 5) is 0. The van der Waals surface area contributed by atoms with Crippen molar-refractivity contribution < 1.29 is 17.8 Å². The Bertz CT molecular complexity index is 801. The summed E-state index contributed by atoms with van der Waals surface area (Å²) < 4.78 is 20.7. The normalized spacial score (nSPS) is 25.6. The lowest BCUT2D eigenvalue weighted by Gasteiger charge is -2.59. The van der Waals surface area contributed by atoms with Gasteiger partial charge in [0, 0.05) is 57.0 Å². The summed E-state index contributed by atoms with van der Waals surface area (Å²) >= 11 is 0. The zero-order chi connectivity index (χ0) is 38.2. The fourth-order valence-corrected chi connectivity index (χ4v) is 13.6. The third kappa shape index (κ3) is 16.7. The lowest BCUT2D eigenvalue weighted by Crippen LogP contribution is -2.69. The molecule has 52 heavy (non-hydrogen) atoms. The molecule has 0 N–H and O–H groups in total. The van der Waals surface area contributed by atoms with Crippen molar-refractivity contribution in [2.45, 2.75) is 235 Å². The summed E-state index contributed by atoms with van der Waals surface area (Å²) in [5.74, 6) is 4.84. The van der Waals surface area contributed by atoms with Crippen LogP contribution in [0.25, 0.3) is 0 Å². The van der Waals surface area contributed by atoms with Gasteiger partial charge in [0.1, 0.15) is 0 Å². The summed E-state index contributed by atoms with van der Waals surface area (Å²) in [7, 11) is -2.69. The van der Waals surface area contributed by atoms with Gasteiger partial charge in [0.2, 0.25) is 0 Å². The first-order valence-corrected chi connectivity index (χ1v) is 25.8. The van der Waals surface area contributed by atoms with E-state index in [1.165, 1.54) is 159 Å². The van der Waals surface area contributed by atoms with Crippen molar-refractivity contribution in [2.24, 2.45) is 35.5 Å². The highest BCUT2D eigenvalue weighted by molar-refractivity contribution is 6.60. The molecule has 5 heteroatoms. The van der Waals surface area contributed by atoms with Crippen molar-refractivity contribution in [3.05, 3.63) is 0 Å². The summed E-state index contributed by atoms with van der Waals surface area (Å²) in [6.45, 7) is 28.7. The van der Waals surface area contributed by atoms with Gasteiger partial charge in [-0.05, 0) is 83.0 Å². The molecule has 0 heterocycles. The van der Waals surface area contributed by atoms with Crippen LogP contribution in [0, 0.1) is 35.5 Å². The van der Waals surface area contributed by atoms with Gasteiger partial charge in [-0.25, -0.2) is 0 Å². The second kappa shape index (κ2) is 27.6. The van der Waals surface area contributed by atoms with Crippen molar-refractivity contribution in [3.63, 3.8) is 0 Å². The van der Waals surface area contributed by atoms with Gasteiger partial charge in [0.15, 0.2) is 0 Å². The average molecular weight is 751 g/mol. The first-order chi connectivity index (χ1) is 25.1. The van der Waals surface area contributed by atoms with E-state index in [9.17, 15) is 0 Å². The standard InChI is InChI=1S/C47H96NO3Si/c1-11-15-16-17-18-19-20-21-22-23-24-25-26-27-28-29-35-48(46-38-42(9)31-33-44(46)40(5)6,47-39-43(10)32-34-45(47)41(7)8)36-30-37-52(49-12-2,50-13-3)51-14-4/h40-47H,11-39H2,1-10H3/q+1. The smallest absolute Gasteiger partial charge is 0.374 e. The van der Waals surface area contributed by atoms with E-state index >= 15 is 0 Å². The van der Waals surface area contributed by atoms with Crippen molar-refractivity contribution in [1.82, 2.24) is 0 Å². The molecular weight excluding hydrogens is 655 g/mol. The lowest BCUT2D eigenvalue weighted by atomic mass is 9.67. The van der Waals surface area contributed by atoms with Crippen LogP contribution in [0.5, 0.6) is 0 Å². The van der Waals surface area contributed by atoms with Crippen LogP contribution in [-0.2, 0) is 13.3 Å². The maximum Gasteiger partial charge on any atom is 0.501 e. The minimum Gasteiger partial charge on any atom is -0.374 e. The number of nitrogens with zero attached hydrogens (tertiary/aromatic N) is 1. The Morgan fingerprint density at radius 3 is 1.17 bits per heavy atom. The Morgan fingerprint density at radius 2 is 0.827 bits per heavy atom. The molecule has 6 unspecified atom stereocenters. The Balaban J connectivity index is 2.19. The molecule has 2 fully saturated rings. The summed E-state index contributed by atoms with van der Waals surface area (Å²) in [6.07, 6.45) is 32.7. The monoisotopic (exact) mass is 751 g/mol. The maximum atomic E-state index is 6.45. The predicted molar refractivity (Wildman–Crippen MR) is 230 cm³/mol. The first kappa shape index (κ1) is 48.2. The Labute approximate surface area is 329 Å². The minimum atomic E-state index is -2.69. The fraction of sp³-hybridized carbons (Fsp3) is 1.00. The van der Waals surface area contributed by atoms with Gasteiger partial charge in [-0.1, -0.05) is 138 Å². The van der Waals surface area contributed by atoms with Crippen LogP contribution in [-0.4, -0.2) is 58.3 Å². The van der Waals surface area contributed by atoms with E-state index in [1.807, 2.05) is 0 Å². The molecule has 0 aromatic heterocycles. The average Bonchev–Trinajstić information content (AvgIpc) is 3.10. The van der Waals surface area contributed by atoms with Crippen LogP contribution in [0.3, 0.4) is 0 Å². The molecule has 2 saturated carbocycles. The minimum absolute atomic E-state index is 0.677. The van der Waals surface area contributed by atoms with Crippen LogP contribution in [0.2, 0.25) is 6.04 Å². The third-order valence-electron chi connectivity index (χ3n) is 13.9. The number of hydrogen-bond donors (Lipinski definition) is 0. The summed E-state index contributed by atoms with van der Waals surface area (Å²) in [5.41, 5.74) is 0. The van der Waals surface area contributed by atoms with Crippen LogP contribution >= 0.6 is 0 Å². The SMILES string of the molecule is CCCCCCCCCCCCCCCCCC[N+](CCC[Si](OCC)(OCC)OCC)(C1CC(C)CCC1C(C)C)C1CC(C)CCC1C(C)C. The molecule has 0 aromatic rings. The summed E-state index contributed by atoms with van der Waals surface area (Å²) in [5, 5.41) is 0. The van der Waals surface area contributed by atoms with Crippen molar-refractivity contribution in [1.29, 1.82) is 0 Å². The van der Waals surface area contributed by atoms with E-state index in [0.717, 1.165) is 60.1 Å². The quantitative estimate of drug-likeness (QED) is 0.0401. The van der Waals surface area contributed by atoms with Crippen molar-refractivity contribution in [3.8, 4) is 0 Å². The molecule has 6 atom stereocenters. The number of hydrogen-bond acceptors (Lipinski definition) is 3. The van der Waals surface area contributed by atoms with Crippen LogP contribution < -0.4 is 0 Å². The molecule has 0 spiro atoms. The van der Waals surface area contributed by atoms with Gasteiger partial charge >= 0.3 is 8.80 Å². The lowest BCUT2D eigenvalue weighted by molar-refractivity contribution is -0.984. The van der Waals surface area contributed by atoms with E-state index in [-0.39, 0.29) is 0 Å². The molecule has 0 amide bonds. The first-order valence-electron chi connectivity index (χ1n) is 23.9. The Hall–Kier alpha value is 0.0569. The van der Waals surface area contributed by atoms with Crippen LogP contribution in [0.15, 0.2) is 0 Å². The molecule has 0 radical (unpaired) electrons. The third-order valence-corrected chi connectivity index (χ3v) is 17.0. The number of quaternary nitrogens is 1. The predicted octanol–water partition coefficient (Wildman–Crippen LogP) is 14.4. The van der Waals surface area contributed by atoms with Gasteiger partial charge in [0.25, 0.3) is 0 Å². The second-order valence-electron chi connectivity index (χ2n) is 18.7. The molecular formula is C47H96NO3Si+. The highest BCUT2D eigenvalue weighted by atomic mass is 28.4. The molecule has 2 aliphatic carbocycles. The topological polar surface area (TPSA) is 27.7 Å². The van der Waals surface area contributed by atoms with E-state index in [1.54, 1.807) is 0 Å². The number of rotatable bonds is 31.